The maximum atomic E-state index is 9.02. The summed E-state index contributed by atoms with van der Waals surface area (Å²) in [5.74, 6) is 0. The minimum Gasteiger partial charge on any atom is -0.396 e. The highest BCUT2D eigenvalue weighted by atomic mass is 16.3. The van der Waals surface area contributed by atoms with Crippen LogP contribution in [0, 0.1) is 6.92 Å². The van der Waals surface area contributed by atoms with Gasteiger partial charge in [0, 0.05) is 37.5 Å². The Kier molecular flexibility index (Phi) is 4.02. The number of nitrogens with one attached hydrogen (secondary N) is 1. The zero-order chi connectivity index (χ0) is 12.3. The zero-order valence-electron chi connectivity index (χ0n) is 10.7. The van der Waals surface area contributed by atoms with E-state index in [9.17, 15) is 0 Å². The number of aliphatic hydroxyl groups is 1. The summed E-state index contributed by atoms with van der Waals surface area (Å²) in [5, 5.41) is 12.5. The fraction of sp³-hybridized carbons (Fsp3) is 0.571. The average Bonchev–Trinajstić information content (AvgIpc) is 2.33. The van der Waals surface area contributed by atoms with Gasteiger partial charge in [0.25, 0.3) is 0 Å². The molecule has 0 bridgehead atoms. The molecule has 1 heterocycles. The van der Waals surface area contributed by atoms with Crippen molar-refractivity contribution < 1.29 is 5.11 Å². The molecule has 0 radical (unpaired) electrons. The standard InChI is InChI=1S/C14H22N2O/c1-11-3-5-14(6-4-11)16-10-13(7-8-17)15-9-12(16)2/h3-6,12-13,15,17H,7-10H2,1-2H3. The van der Waals surface area contributed by atoms with Gasteiger partial charge in [0.1, 0.15) is 0 Å². The van der Waals surface area contributed by atoms with Gasteiger partial charge in [-0.2, -0.15) is 0 Å². The van der Waals surface area contributed by atoms with Crippen molar-refractivity contribution in [1.29, 1.82) is 0 Å². The van der Waals surface area contributed by atoms with Gasteiger partial charge in [0.2, 0.25) is 0 Å². The highest BCUT2D eigenvalue weighted by Gasteiger charge is 2.24. The summed E-state index contributed by atoms with van der Waals surface area (Å²) < 4.78 is 0. The van der Waals surface area contributed by atoms with E-state index in [0.717, 1.165) is 19.5 Å². The molecule has 3 heteroatoms. The van der Waals surface area contributed by atoms with Crippen LogP contribution in [0.5, 0.6) is 0 Å². The molecule has 3 nitrogen and oxygen atoms in total. The number of anilines is 1. The molecule has 0 aliphatic carbocycles. The van der Waals surface area contributed by atoms with Gasteiger partial charge >= 0.3 is 0 Å². The Hall–Kier alpha value is -1.06. The number of rotatable bonds is 3. The first-order valence-corrected chi connectivity index (χ1v) is 6.38. The van der Waals surface area contributed by atoms with E-state index < -0.39 is 0 Å². The number of aryl methyl sites for hydroxylation is 1. The molecule has 0 amide bonds. The Labute approximate surface area is 103 Å². The normalized spacial score (nSPS) is 25.0. The van der Waals surface area contributed by atoms with Crippen LogP contribution in [0.4, 0.5) is 5.69 Å². The number of benzene rings is 1. The summed E-state index contributed by atoms with van der Waals surface area (Å²) >= 11 is 0. The van der Waals surface area contributed by atoms with Crippen molar-refractivity contribution in [2.45, 2.75) is 32.4 Å². The Balaban J connectivity index is 2.09. The van der Waals surface area contributed by atoms with Crippen molar-refractivity contribution in [3.05, 3.63) is 29.8 Å². The number of nitrogens with zero attached hydrogens (tertiary/aromatic N) is 1. The Bertz CT molecular complexity index is 350. The van der Waals surface area contributed by atoms with E-state index in [2.05, 4.69) is 48.3 Å². The molecule has 0 saturated carbocycles. The van der Waals surface area contributed by atoms with Gasteiger partial charge in [-0.25, -0.2) is 0 Å². The summed E-state index contributed by atoms with van der Waals surface area (Å²) in [5.41, 5.74) is 2.58. The Morgan fingerprint density at radius 2 is 2.06 bits per heavy atom. The lowest BCUT2D eigenvalue weighted by molar-refractivity contribution is 0.255. The molecule has 2 N–H and O–H groups in total. The van der Waals surface area contributed by atoms with Crippen LogP contribution in [-0.2, 0) is 0 Å². The van der Waals surface area contributed by atoms with E-state index in [1.54, 1.807) is 0 Å². The van der Waals surface area contributed by atoms with Crippen LogP contribution in [0.25, 0.3) is 0 Å². The number of hydrogen-bond acceptors (Lipinski definition) is 3. The second-order valence-corrected chi connectivity index (χ2v) is 4.95. The molecule has 1 aromatic rings. The number of hydrogen-bond donors (Lipinski definition) is 2. The monoisotopic (exact) mass is 234 g/mol. The minimum atomic E-state index is 0.258. The van der Waals surface area contributed by atoms with Crippen molar-refractivity contribution in [1.82, 2.24) is 5.32 Å². The van der Waals surface area contributed by atoms with Gasteiger partial charge in [-0.3, -0.25) is 0 Å². The van der Waals surface area contributed by atoms with Gasteiger partial charge in [-0.15, -0.1) is 0 Å². The molecule has 2 atom stereocenters. The second kappa shape index (κ2) is 5.52. The smallest absolute Gasteiger partial charge is 0.0446 e. The van der Waals surface area contributed by atoms with Crippen molar-refractivity contribution in [2.75, 3.05) is 24.6 Å². The van der Waals surface area contributed by atoms with Gasteiger partial charge in [-0.1, -0.05) is 17.7 Å². The first kappa shape index (κ1) is 12.4. The van der Waals surface area contributed by atoms with E-state index >= 15 is 0 Å². The maximum Gasteiger partial charge on any atom is 0.0446 e. The third-order valence-electron chi connectivity index (χ3n) is 3.49. The zero-order valence-corrected chi connectivity index (χ0v) is 10.7. The Morgan fingerprint density at radius 1 is 1.35 bits per heavy atom. The van der Waals surface area contributed by atoms with Crippen LogP contribution in [0.1, 0.15) is 18.9 Å². The van der Waals surface area contributed by atoms with E-state index in [1.807, 2.05) is 0 Å². The molecule has 1 aromatic carbocycles. The van der Waals surface area contributed by atoms with Gasteiger partial charge in [0.05, 0.1) is 0 Å². The highest BCUT2D eigenvalue weighted by molar-refractivity contribution is 5.49. The highest BCUT2D eigenvalue weighted by Crippen LogP contribution is 2.20. The average molecular weight is 234 g/mol. The lowest BCUT2D eigenvalue weighted by atomic mass is 10.1. The Morgan fingerprint density at radius 3 is 2.71 bits per heavy atom. The fourth-order valence-corrected chi connectivity index (χ4v) is 2.37. The molecule has 1 aliphatic heterocycles. The molecule has 0 spiro atoms. The van der Waals surface area contributed by atoms with E-state index in [-0.39, 0.29) is 6.61 Å². The first-order chi connectivity index (χ1) is 8.20. The molecule has 1 fully saturated rings. The molecular weight excluding hydrogens is 212 g/mol. The van der Waals surface area contributed by atoms with Gasteiger partial charge < -0.3 is 15.3 Å². The van der Waals surface area contributed by atoms with Crippen molar-refractivity contribution in [3.63, 3.8) is 0 Å². The van der Waals surface area contributed by atoms with E-state index in [0.29, 0.717) is 12.1 Å². The van der Waals surface area contributed by atoms with Crippen molar-refractivity contribution in [2.24, 2.45) is 0 Å². The summed E-state index contributed by atoms with van der Waals surface area (Å²) in [6.07, 6.45) is 0.828. The topological polar surface area (TPSA) is 35.5 Å². The molecule has 1 saturated heterocycles. The lowest BCUT2D eigenvalue weighted by Gasteiger charge is -2.40. The van der Waals surface area contributed by atoms with E-state index in [1.165, 1.54) is 11.3 Å². The molecule has 2 unspecified atom stereocenters. The third kappa shape index (κ3) is 2.99. The minimum absolute atomic E-state index is 0.258. The van der Waals surface area contributed by atoms with Crippen LogP contribution >= 0.6 is 0 Å². The molecule has 2 rings (SSSR count). The molecule has 94 valence electrons. The largest absolute Gasteiger partial charge is 0.396 e. The van der Waals surface area contributed by atoms with Crippen molar-refractivity contribution in [3.8, 4) is 0 Å². The summed E-state index contributed by atoms with van der Waals surface area (Å²) in [6, 6.07) is 9.60. The van der Waals surface area contributed by atoms with E-state index in [4.69, 9.17) is 5.11 Å². The molecule has 0 aromatic heterocycles. The maximum absolute atomic E-state index is 9.02. The molecular formula is C14H22N2O. The number of piperazine rings is 1. The van der Waals surface area contributed by atoms with Crippen LogP contribution in [0.3, 0.4) is 0 Å². The van der Waals surface area contributed by atoms with Crippen LogP contribution in [0.2, 0.25) is 0 Å². The summed E-state index contributed by atoms with van der Waals surface area (Å²) in [4.78, 5) is 2.43. The molecule has 1 aliphatic rings. The first-order valence-electron chi connectivity index (χ1n) is 6.38. The quantitative estimate of drug-likeness (QED) is 0.833. The van der Waals surface area contributed by atoms with Crippen molar-refractivity contribution >= 4 is 5.69 Å². The van der Waals surface area contributed by atoms with Gasteiger partial charge in [0.15, 0.2) is 0 Å². The predicted octanol–water partition coefficient (Wildman–Crippen LogP) is 1.54. The van der Waals surface area contributed by atoms with Crippen LogP contribution in [0.15, 0.2) is 24.3 Å². The summed E-state index contributed by atoms with van der Waals surface area (Å²) in [6.45, 7) is 6.57. The van der Waals surface area contributed by atoms with Gasteiger partial charge in [-0.05, 0) is 32.4 Å². The lowest BCUT2D eigenvalue weighted by Crippen LogP contribution is -2.55. The molecule has 17 heavy (non-hydrogen) atoms. The van der Waals surface area contributed by atoms with Crippen LogP contribution in [-0.4, -0.2) is 36.9 Å². The predicted molar refractivity (Wildman–Crippen MR) is 71.5 cm³/mol. The summed E-state index contributed by atoms with van der Waals surface area (Å²) in [7, 11) is 0. The third-order valence-corrected chi connectivity index (χ3v) is 3.49. The SMILES string of the molecule is Cc1ccc(N2CC(CCO)NCC2C)cc1. The fourth-order valence-electron chi connectivity index (χ4n) is 2.37. The number of aliphatic hydroxyl groups excluding tert-OH is 1. The van der Waals surface area contributed by atoms with Crippen LogP contribution < -0.4 is 10.2 Å². The second-order valence-electron chi connectivity index (χ2n) is 4.95.